The predicted molar refractivity (Wildman–Crippen MR) is 85.4 cm³/mol. The van der Waals surface area contributed by atoms with E-state index in [-0.39, 0.29) is 11.8 Å². The van der Waals surface area contributed by atoms with Gasteiger partial charge >= 0.3 is 5.97 Å². The fraction of sp³-hybridized carbons (Fsp3) is 0.421. The molecule has 1 aliphatic rings. The van der Waals surface area contributed by atoms with Crippen molar-refractivity contribution >= 4 is 16.7 Å². The highest BCUT2D eigenvalue weighted by molar-refractivity contribution is 5.87. The number of carboxylic acids is 1. The normalized spacial score (nSPS) is 25.9. The molecule has 3 unspecified atom stereocenters. The Morgan fingerprint density at radius 3 is 2.67 bits per heavy atom. The van der Waals surface area contributed by atoms with Gasteiger partial charge in [0.25, 0.3) is 0 Å². The van der Waals surface area contributed by atoms with Gasteiger partial charge in [-0.1, -0.05) is 55.8 Å². The third kappa shape index (κ3) is 2.67. The van der Waals surface area contributed by atoms with Gasteiger partial charge < -0.3 is 5.11 Å². The van der Waals surface area contributed by atoms with Gasteiger partial charge in [-0.15, -0.1) is 0 Å². The van der Waals surface area contributed by atoms with E-state index in [1.165, 1.54) is 16.3 Å². The van der Waals surface area contributed by atoms with Crippen LogP contribution in [0.4, 0.5) is 0 Å². The van der Waals surface area contributed by atoms with Gasteiger partial charge in [0.15, 0.2) is 0 Å². The molecular formula is C19H22O2. The van der Waals surface area contributed by atoms with Crippen molar-refractivity contribution in [1.82, 2.24) is 0 Å². The number of carboxylic acid groups (broad SMARTS) is 1. The molecule has 1 fully saturated rings. The quantitative estimate of drug-likeness (QED) is 0.875. The van der Waals surface area contributed by atoms with E-state index in [2.05, 4.69) is 37.3 Å². The molecule has 0 heterocycles. The van der Waals surface area contributed by atoms with Crippen LogP contribution in [0.1, 0.15) is 44.1 Å². The van der Waals surface area contributed by atoms with Gasteiger partial charge in [-0.2, -0.15) is 0 Å². The molecule has 0 aliphatic heterocycles. The van der Waals surface area contributed by atoms with Gasteiger partial charge in [0.2, 0.25) is 0 Å². The lowest BCUT2D eigenvalue weighted by molar-refractivity contribution is -0.143. The van der Waals surface area contributed by atoms with Gasteiger partial charge in [-0.05, 0) is 47.4 Å². The molecule has 0 radical (unpaired) electrons. The van der Waals surface area contributed by atoms with Crippen molar-refractivity contribution in [3.05, 3.63) is 48.0 Å². The summed E-state index contributed by atoms with van der Waals surface area (Å²) in [6, 6.07) is 14.6. The summed E-state index contributed by atoms with van der Waals surface area (Å²) in [7, 11) is 0. The molecule has 1 saturated carbocycles. The summed E-state index contributed by atoms with van der Waals surface area (Å²) < 4.78 is 0. The van der Waals surface area contributed by atoms with E-state index >= 15 is 0 Å². The molecular weight excluding hydrogens is 260 g/mol. The number of benzene rings is 2. The number of rotatable bonds is 3. The smallest absolute Gasteiger partial charge is 0.307 e. The van der Waals surface area contributed by atoms with Crippen molar-refractivity contribution in [1.29, 1.82) is 0 Å². The molecule has 2 aromatic carbocycles. The summed E-state index contributed by atoms with van der Waals surface area (Å²) in [4.78, 5) is 11.7. The zero-order valence-corrected chi connectivity index (χ0v) is 12.5. The first-order valence-electron chi connectivity index (χ1n) is 7.91. The van der Waals surface area contributed by atoms with Gasteiger partial charge in [0.05, 0.1) is 5.92 Å². The summed E-state index contributed by atoms with van der Waals surface area (Å²) in [6.45, 7) is 2.21. The molecule has 3 rings (SSSR count). The fourth-order valence-corrected chi connectivity index (χ4v) is 3.84. The Morgan fingerprint density at radius 2 is 1.90 bits per heavy atom. The van der Waals surface area contributed by atoms with Crippen molar-refractivity contribution in [2.75, 3.05) is 0 Å². The number of aliphatic carboxylic acids is 1. The summed E-state index contributed by atoms with van der Waals surface area (Å²) >= 11 is 0. The Hall–Kier alpha value is -1.83. The minimum atomic E-state index is -0.637. The average molecular weight is 282 g/mol. The van der Waals surface area contributed by atoms with Crippen molar-refractivity contribution in [2.24, 2.45) is 11.8 Å². The molecule has 0 saturated heterocycles. The Kier molecular flexibility index (Phi) is 3.96. The lowest BCUT2D eigenvalue weighted by Gasteiger charge is -2.34. The Morgan fingerprint density at radius 1 is 1.14 bits per heavy atom. The van der Waals surface area contributed by atoms with Gasteiger partial charge in [0, 0.05) is 0 Å². The molecule has 110 valence electrons. The molecule has 0 amide bonds. The molecule has 3 atom stereocenters. The summed E-state index contributed by atoms with van der Waals surface area (Å²) in [5.41, 5.74) is 1.22. The molecule has 0 bridgehead atoms. The standard InChI is InChI=1S/C19H22O2/c1-2-13-10-11-17(19(20)21)18(12-13)16-9-5-7-14-6-3-4-8-15(14)16/h3-9,13,17-18H,2,10-12H2,1H3,(H,20,21). The molecule has 2 aromatic rings. The highest BCUT2D eigenvalue weighted by atomic mass is 16.4. The third-order valence-electron chi connectivity index (χ3n) is 5.08. The number of fused-ring (bicyclic) bond motifs is 1. The van der Waals surface area contributed by atoms with Gasteiger partial charge in [-0.3, -0.25) is 4.79 Å². The van der Waals surface area contributed by atoms with Crippen LogP contribution in [0.15, 0.2) is 42.5 Å². The first-order valence-corrected chi connectivity index (χ1v) is 7.91. The second-order valence-electron chi connectivity index (χ2n) is 6.21. The Labute approximate surface area is 125 Å². The molecule has 2 heteroatoms. The molecule has 0 aromatic heterocycles. The van der Waals surface area contributed by atoms with Crippen LogP contribution in [0.25, 0.3) is 10.8 Å². The van der Waals surface area contributed by atoms with Gasteiger partial charge in [-0.25, -0.2) is 0 Å². The van der Waals surface area contributed by atoms with E-state index in [0.29, 0.717) is 5.92 Å². The van der Waals surface area contributed by atoms with Crippen LogP contribution in [0.5, 0.6) is 0 Å². The van der Waals surface area contributed by atoms with E-state index in [9.17, 15) is 9.90 Å². The first kappa shape index (κ1) is 14.1. The average Bonchev–Trinajstić information content (AvgIpc) is 2.53. The molecule has 2 nitrogen and oxygen atoms in total. The zero-order valence-electron chi connectivity index (χ0n) is 12.5. The van der Waals surface area contributed by atoms with E-state index in [4.69, 9.17) is 0 Å². The van der Waals surface area contributed by atoms with Crippen molar-refractivity contribution in [2.45, 2.75) is 38.5 Å². The first-order chi connectivity index (χ1) is 10.2. The molecule has 1 N–H and O–H groups in total. The lowest BCUT2D eigenvalue weighted by Crippen LogP contribution is -2.29. The van der Waals surface area contributed by atoms with E-state index in [1.807, 2.05) is 12.1 Å². The second-order valence-corrected chi connectivity index (χ2v) is 6.21. The maximum absolute atomic E-state index is 11.7. The topological polar surface area (TPSA) is 37.3 Å². The number of hydrogen-bond donors (Lipinski definition) is 1. The summed E-state index contributed by atoms with van der Waals surface area (Å²) in [6.07, 6.45) is 4.01. The predicted octanol–water partition coefficient (Wildman–Crippen LogP) is 4.83. The zero-order chi connectivity index (χ0) is 14.8. The Bertz CT molecular complexity index is 642. The highest BCUT2D eigenvalue weighted by Gasteiger charge is 2.35. The highest BCUT2D eigenvalue weighted by Crippen LogP contribution is 2.43. The lowest BCUT2D eigenvalue weighted by atomic mass is 9.69. The van der Waals surface area contributed by atoms with E-state index in [0.717, 1.165) is 25.7 Å². The van der Waals surface area contributed by atoms with Crippen LogP contribution in [-0.2, 0) is 4.79 Å². The maximum Gasteiger partial charge on any atom is 0.307 e. The fourth-order valence-electron chi connectivity index (χ4n) is 3.84. The number of carbonyl (C=O) groups is 1. The molecule has 21 heavy (non-hydrogen) atoms. The van der Waals surface area contributed by atoms with Gasteiger partial charge in [0.1, 0.15) is 0 Å². The van der Waals surface area contributed by atoms with Crippen molar-refractivity contribution in [3.63, 3.8) is 0 Å². The summed E-state index contributed by atoms with van der Waals surface area (Å²) in [5, 5.41) is 12.0. The molecule has 1 aliphatic carbocycles. The maximum atomic E-state index is 11.7. The van der Waals surface area contributed by atoms with Crippen LogP contribution in [0.3, 0.4) is 0 Å². The monoisotopic (exact) mass is 282 g/mol. The Balaban J connectivity index is 2.06. The van der Waals surface area contributed by atoms with Crippen LogP contribution < -0.4 is 0 Å². The third-order valence-corrected chi connectivity index (χ3v) is 5.08. The van der Waals surface area contributed by atoms with E-state index < -0.39 is 5.97 Å². The molecule has 0 spiro atoms. The largest absolute Gasteiger partial charge is 0.481 e. The van der Waals surface area contributed by atoms with Crippen LogP contribution in [-0.4, -0.2) is 11.1 Å². The van der Waals surface area contributed by atoms with Crippen molar-refractivity contribution < 1.29 is 9.90 Å². The van der Waals surface area contributed by atoms with Crippen LogP contribution in [0, 0.1) is 11.8 Å². The minimum absolute atomic E-state index is 0.146. The minimum Gasteiger partial charge on any atom is -0.481 e. The van der Waals surface area contributed by atoms with Crippen molar-refractivity contribution in [3.8, 4) is 0 Å². The van der Waals surface area contributed by atoms with Crippen LogP contribution in [0.2, 0.25) is 0 Å². The summed E-state index contributed by atoms with van der Waals surface area (Å²) in [5.74, 6) is -0.0713. The SMILES string of the molecule is CCC1CCC(C(=O)O)C(c2cccc3ccccc23)C1. The second kappa shape index (κ2) is 5.88. The van der Waals surface area contributed by atoms with E-state index in [1.54, 1.807) is 0 Å². The number of hydrogen-bond acceptors (Lipinski definition) is 1. The van der Waals surface area contributed by atoms with Crippen LogP contribution >= 0.6 is 0 Å².